The van der Waals surface area contributed by atoms with E-state index in [4.69, 9.17) is 16.3 Å². The van der Waals surface area contributed by atoms with Gasteiger partial charge in [0, 0.05) is 74.2 Å². The maximum atomic E-state index is 13.2. The van der Waals surface area contributed by atoms with Crippen molar-refractivity contribution in [1.29, 1.82) is 0 Å². The van der Waals surface area contributed by atoms with Gasteiger partial charge in [-0.25, -0.2) is 4.79 Å². The molecule has 0 bridgehead atoms. The molecule has 1 spiro atoms. The Morgan fingerprint density at radius 2 is 1.37 bits per heavy atom. The maximum absolute atomic E-state index is 13.2. The lowest BCUT2D eigenvalue weighted by atomic mass is 9.88. The van der Waals surface area contributed by atoms with Gasteiger partial charge in [-0.2, -0.15) is 13.2 Å². The van der Waals surface area contributed by atoms with E-state index in [0.717, 1.165) is 23.3 Å². The van der Waals surface area contributed by atoms with Crippen LogP contribution in [0.3, 0.4) is 0 Å². The predicted octanol–water partition coefficient (Wildman–Crippen LogP) is 7.08. The van der Waals surface area contributed by atoms with Crippen molar-refractivity contribution in [1.82, 2.24) is 14.7 Å². The van der Waals surface area contributed by atoms with Gasteiger partial charge in [-0.1, -0.05) is 35.9 Å². The second-order valence-corrected chi connectivity index (χ2v) is 12.9. The number of amides is 2. The predicted molar refractivity (Wildman–Crippen MR) is 166 cm³/mol. The Bertz CT molecular complexity index is 1560. The standard InChI is InChI=1S/C35H35ClF3N3O4/c36-30-11-7-26(8-12-30)31(43)27-13-17-41(18-14-27)32(44)28-5-1-25(2-6-28)22-42-23-34(46-33(42)45)15-19-40(20-16-34)21-24-3-9-29(10-4-24)35(37,38)39/h1-12,27H,13-23H2. The topological polar surface area (TPSA) is 70.2 Å². The third-order valence-corrected chi connectivity index (χ3v) is 9.60. The van der Waals surface area contributed by atoms with Gasteiger partial charge in [-0.3, -0.25) is 19.4 Å². The number of ketones is 1. The van der Waals surface area contributed by atoms with Crippen LogP contribution in [0.4, 0.5) is 18.0 Å². The number of benzene rings is 3. The molecule has 2 amide bonds. The molecular weight excluding hydrogens is 619 g/mol. The number of alkyl halides is 3. The number of piperidine rings is 2. The third-order valence-electron chi connectivity index (χ3n) is 9.35. The summed E-state index contributed by atoms with van der Waals surface area (Å²) in [6, 6.07) is 19.4. The van der Waals surface area contributed by atoms with E-state index in [9.17, 15) is 27.6 Å². The van der Waals surface area contributed by atoms with Gasteiger partial charge in [-0.15, -0.1) is 0 Å². The van der Waals surface area contributed by atoms with Gasteiger partial charge in [0.2, 0.25) is 0 Å². The van der Waals surface area contributed by atoms with E-state index in [0.29, 0.717) is 87.6 Å². The Kier molecular flexibility index (Phi) is 9.12. The number of halogens is 4. The molecule has 3 aromatic rings. The molecule has 3 saturated heterocycles. The average Bonchev–Trinajstić information content (AvgIpc) is 3.35. The Labute approximate surface area is 270 Å². The van der Waals surface area contributed by atoms with Gasteiger partial charge in [0.25, 0.3) is 5.91 Å². The minimum atomic E-state index is -4.35. The van der Waals surface area contributed by atoms with Crippen molar-refractivity contribution in [3.63, 3.8) is 0 Å². The van der Waals surface area contributed by atoms with Crippen molar-refractivity contribution < 1.29 is 32.3 Å². The summed E-state index contributed by atoms with van der Waals surface area (Å²) in [7, 11) is 0. The fraction of sp³-hybridized carbons (Fsp3) is 0.400. The molecule has 3 fully saturated rings. The lowest BCUT2D eigenvalue weighted by Crippen LogP contribution is -2.46. The molecule has 0 N–H and O–H groups in total. The Balaban J connectivity index is 0.969. The van der Waals surface area contributed by atoms with E-state index in [2.05, 4.69) is 4.90 Å². The lowest BCUT2D eigenvalue weighted by molar-refractivity contribution is -0.137. The van der Waals surface area contributed by atoms with Crippen LogP contribution in [0.1, 0.15) is 63.1 Å². The van der Waals surface area contributed by atoms with Crippen LogP contribution in [0.5, 0.6) is 0 Å². The van der Waals surface area contributed by atoms with Crippen LogP contribution in [0.25, 0.3) is 0 Å². The minimum absolute atomic E-state index is 0.0773. The minimum Gasteiger partial charge on any atom is -0.441 e. The highest BCUT2D eigenvalue weighted by atomic mass is 35.5. The highest BCUT2D eigenvalue weighted by Gasteiger charge is 2.46. The summed E-state index contributed by atoms with van der Waals surface area (Å²) in [6.45, 7) is 3.72. The highest BCUT2D eigenvalue weighted by molar-refractivity contribution is 6.30. The van der Waals surface area contributed by atoms with Crippen LogP contribution in [0, 0.1) is 5.92 Å². The summed E-state index contributed by atoms with van der Waals surface area (Å²) in [5, 5.41) is 0.586. The van der Waals surface area contributed by atoms with Gasteiger partial charge >= 0.3 is 12.3 Å². The van der Waals surface area contributed by atoms with E-state index in [1.165, 1.54) is 12.1 Å². The summed E-state index contributed by atoms with van der Waals surface area (Å²) >= 11 is 5.94. The largest absolute Gasteiger partial charge is 0.441 e. The summed E-state index contributed by atoms with van der Waals surface area (Å²) < 4.78 is 44.5. The summed E-state index contributed by atoms with van der Waals surface area (Å²) in [6.07, 6.45) is -2.22. The molecule has 3 aromatic carbocycles. The number of carbonyl (C=O) groups excluding carboxylic acids is 3. The average molecular weight is 654 g/mol. The Morgan fingerprint density at radius 1 is 0.804 bits per heavy atom. The number of likely N-dealkylation sites (tertiary alicyclic amines) is 2. The van der Waals surface area contributed by atoms with Gasteiger partial charge in [-0.05, 0) is 72.5 Å². The van der Waals surface area contributed by atoms with E-state index in [1.807, 2.05) is 12.1 Å². The molecule has 3 aliphatic heterocycles. The van der Waals surface area contributed by atoms with Crippen LogP contribution in [-0.4, -0.2) is 70.8 Å². The second-order valence-electron chi connectivity index (χ2n) is 12.5. The third kappa shape index (κ3) is 7.23. The molecule has 0 radical (unpaired) electrons. The van der Waals surface area contributed by atoms with Crippen molar-refractivity contribution >= 4 is 29.4 Å². The molecular formula is C35H35ClF3N3O4. The maximum Gasteiger partial charge on any atom is 0.416 e. The Hall–Kier alpha value is -3.89. The molecule has 242 valence electrons. The van der Waals surface area contributed by atoms with Gasteiger partial charge in [0.15, 0.2) is 5.78 Å². The van der Waals surface area contributed by atoms with Gasteiger partial charge in [0.05, 0.1) is 12.1 Å². The number of hydrogen-bond donors (Lipinski definition) is 0. The number of hydrogen-bond acceptors (Lipinski definition) is 5. The van der Waals surface area contributed by atoms with E-state index >= 15 is 0 Å². The van der Waals surface area contributed by atoms with E-state index in [1.54, 1.807) is 46.2 Å². The van der Waals surface area contributed by atoms with Crippen molar-refractivity contribution in [2.24, 2.45) is 5.92 Å². The molecule has 0 saturated carbocycles. The summed E-state index contributed by atoms with van der Waals surface area (Å²) in [5.41, 5.74) is 1.66. The first-order valence-electron chi connectivity index (χ1n) is 15.5. The van der Waals surface area contributed by atoms with Gasteiger partial charge < -0.3 is 9.64 Å². The zero-order chi connectivity index (χ0) is 32.5. The molecule has 0 unspecified atom stereocenters. The van der Waals surface area contributed by atoms with Crippen LogP contribution in [0.2, 0.25) is 5.02 Å². The normalized spacial score (nSPS) is 19.0. The highest BCUT2D eigenvalue weighted by Crippen LogP contribution is 2.35. The molecule has 7 nitrogen and oxygen atoms in total. The zero-order valence-electron chi connectivity index (χ0n) is 25.3. The van der Waals surface area contributed by atoms with Crippen LogP contribution < -0.4 is 0 Å². The Morgan fingerprint density at radius 3 is 1.98 bits per heavy atom. The van der Waals surface area contributed by atoms with Crippen molar-refractivity contribution in [3.8, 4) is 0 Å². The molecule has 0 aromatic heterocycles. The first kappa shape index (κ1) is 32.1. The molecule has 0 atom stereocenters. The zero-order valence-corrected chi connectivity index (χ0v) is 26.0. The van der Waals surface area contributed by atoms with Crippen molar-refractivity contribution in [2.75, 3.05) is 32.7 Å². The fourth-order valence-electron chi connectivity index (χ4n) is 6.60. The first-order valence-corrected chi connectivity index (χ1v) is 15.9. The van der Waals surface area contributed by atoms with Crippen LogP contribution in [-0.2, 0) is 24.0 Å². The molecule has 11 heteroatoms. The van der Waals surface area contributed by atoms with E-state index < -0.39 is 17.3 Å². The quantitative estimate of drug-likeness (QED) is 0.255. The van der Waals surface area contributed by atoms with Crippen molar-refractivity contribution in [2.45, 2.75) is 50.6 Å². The van der Waals surface area contributed by atoms with Gasteiger partial charge in [0.1, 0.15) is 5.60 Å². The second kappa shape index (κ2) is 13.1. The molecule has 0 aliphatic carbocycles. The fourth-order valence-corrected chi connectivity index (χ4v) is 6.73. The molecule has 46 heavy (non-hydrogen) atoms. The smallest absolute Gasteiger partial charge is 0.416 e. The van der Waals surface area contributed by atoms with Crippen LogP contribution in [0.15, 0.2) is 72.8 Å². The first-order chi connectivity index (χ1) is 22.0. The SMILES string of the molecule is O=C(c1ccc(Cl)cc1)C1CCN(C(=O)c2ccc(CN3CC4(CCN(Cc5ccc(C(F)(F)F)cc5)CC4)OC3=O)cc2)CC1. The monoisotopic (exact) mass is 653 g/mol. The number of ether oxygens (including phenoxy) is 1. The number of rotatable bonds is 7. The number of carbonyl (C=O) groups is 3. The lowest BCUT2D eigenvalue weighted by Gasteiger charge is -2.37. The molecule has 6 rings (SSSR count). The summed E-state index contributed by atoms with van der Waals surface area (Å²) in [5.74, 6) is -0.118. The molecule has 3 heterocycles. The van der Waals surface area contributed by atoms with Crippen molar-refractivity contribution in [3.05, 3.63) is 106 Å². The number of Topliss-reactive ketones (excluding diaryl/α,β-unsaturated/α-hetero) is 1. The summed E-state index contributed by atoms with van der Waals surface area (Å²) in [4.78, 5) is 44.5. The number of nitrogens with zero attached hydrogens (tertiary/aromatic N) is 3. The molecule has 3 aliphatic rings. The van der Waals surface area contributed by atoms with Crippen LogP contribution >= 0.6 is 11.6 Å². The van der Waals surface area contributed by atoms with E-state index in [-0.39, 0.29) is 23.7 Å².